The van der Waals surface area contributed by atoms with Crippen molar-refractivity contribution < 1.29 is 9.47 Å². The molecule has 0 aliphatic rings. The van der Waals surface area contributed by atoms with Crippen molar-refractivity contribution in [1.82, 2.24) is 0 Å². The van der Waals surface area contributed by atoms with E-state index in [9.17, 15) is 0 Å². The van der Waals surface area contributed by atoms with Gasteiger partial charge in [0.1, 0.15) is 12.4 Å². The molecule has 0 radical (unpaired) electrons. The summed E-state index contributed by atoms with van der Waals surface area (Å²) in [5.74, 6) is 1.22. The molecule has 2 aromatic carbocycles. The first kappa shape index (κ1) is 15.5. The minimum atomic E-state index is 0.304. The molecule has 21 heavy (non-hydrogen) atoms. The van der Waals surface area contributed by atoms with E-state index >= 15 is 0 Å². The van der Waals surface area contributed by atoms with Crippen LogP contribution in [0.15, 0.2) is 54.6 Å². The highest BCUT2D eigenvalue weighted by atomic mass is 16.5. The van der Waals surface area contributed by atoms with Gasteiger partial charge in [0.2, 0.25) is 0 Å². The van der Waals surface area contributed by atoms with Gasteiger partial charge in [-0.1, -0.05) is 48.5 Å². The molecule has 0 saturated heterocycles. The highest BCUT2D eigenvalue weighted by molar-refractivity contribution is 5.35. The van der Waals surface area contributed by atoms with Crippen molar-refractivity contribution in [1.29, 1.82) is 0 Å². The highest BCUT2D eigenvalue weighted by Crippen LogP contribution is 2.26. The summed E-state index contributed by atoms with van der Waals surface area (Å²) in [6.07, 6.45) is 0.879. The van der Waals surface area contributed by atoms with Crippen LogP contribution in [0.2, 0.25) is 0 Å². The fraction of sp³-hybridized carbons (Fsp3) is 0.333. The van der Waals surface area contributed by atoms with Crippen LogP contribution in [0.5, 0.6) is 5.75 Å². The van der Waals surface area contributed by atoms with Crippen molar-refractivity contribution in [3.8, 4) is 5.75 Å². The van der Waals surface area contributed by atoms with Gasteiger partial charge in [0.05, 0.1) is 6.61 Å². The Morgan fingerprint density at radius 2 is 1.67 bits per heavy atom. The molecule has 0 fully saturated rings. The summed E-state index contributed by atoms with van der Waals surface area (Å²) in [5.41, 5.74) is 8.42. The van der Waals surface area contributed by atoms with Crippen LogP contribution >= 0.6 is 0 Å². The topological polar surface area (TPSA) is 44.5 Å². The van der Waals surface area contributed by atoms with Crippen LogP contribution in [0.1, 0.15) is 17.0 Å². The van der Waals surface area contributed by atoms with Crippen molar-refractivity contribution in [2.24, 2.45) is 5.73 Å². The molecule has 1 unspecified atom stereocenters. The van der Waals surface area contributed by atoms with Gasteiger partial charge in [0, 0.05) is 13.0 Å². The summed E-state index contributed by atoms with van der Waals surface area (Å²) in [6, 6.07) is 18.5. The van der Waals surface area contributed by atoms with Crippen LogP contribution in [0.4, 0.5) is 0 Å². The van der Waals surface area contributed by atoms with Gasteiger partial charge in [0.15, 0.2) is 0 Å². The summed E-state index contributed by atoms with van der Waals surface area (Å²) in [5, 5.41) is 0. The third kappa shape index (κ3) is 4.59. The predicted molar refractivity (Wildman–Crippen MR) is 85.8 cm³/mol. The van der Waals surface area contributed by atoms with E-state index in [1.807, 2.05) is 24.3 Å². The average molecular weight is 285 g/mol. The van der Waals surface area contributed by atoms with E-state index in [4.69, 9.17) is 15.2 Å². The molecule has 2 rings (SSSR count). The lowest BCUT2D eigenvalue weighted by molar-refractivity contribution is 0.145. The highest BCUT2D eigenvalue weighted by Gasteiger charge is 2.13. The quantitative estimate of drug-likeness (QED) is 0.758. The fourth-order valence-electron chi connectivity index (χ4n) is 2.38. The van der Waals surface area contributed by atoms with E-state index < -0.39 is 0 Å². The Hall–Kier alpha value is -1.84. The van der Waals surface area contributed by atoms with Gasteiger partial charge in [-0.25, -0.2) is 0 Å². The van der Waals surface area contributed by atoms with Crippen LogP contribution in [-0.4, -0.2) is 26.9 Å². The molecule has 0 heterocycles. The van der Waals surface area contributed by atoms with Gasteiger partial charge in [-0.2, -0.15) is 0 Å². The number of para-hydroxylation sites is 1. The van der Waals surface area contributed by atoms with Crippen molar-refractivity contribution in [3.05, 3.63) is 65.7 Å². The Bertz CT molecular complexity index is 528. The van der Waals surface area contributed by atoms with Crippen molar-refractivity contribution in [3.63, 3.8) is 0 Å². The van der Waals surface area contributed by atoms with Gasteiger partial charge in [-0.15, -0.1) is 0 Å². The number of hydrogen-bond donors (Lipinski definition) is 1. The summed E-state index contributed by atoms with van der Waals surface area (Å²) >= 11 is 0. The lowest BCUT2D eigenvalue weighted by atomic mass is 9.92. The normalized spacial score (nSPS) is 12.1. The second-order valence-corrected chi connectivity index (χ2v) is 5.00. The summed E-state index contributed by atoms with van der Waals surface area (Å²) in [6.45, 7) is 1.77. The second-order valence-electron chi connectivity index (χ2n) is 5.00. The molecule has 3 nitrogen and oxygen atoms in total. The Morgan fingerprint density at radius 3 is 2.38 bits per heavy atom. The Labute approximate surface area is 126 Å². The van der Waals surface area contributed by atoms with Gasteiger partial charge < -0.3 is 15.2 Å². The first-order valence-corrected chi connectivity index (χ1v) is 7.29. The van der Waals surface area contributed by atoms with E-state index in [1.54, 1.807) is 7.11 Å². The van der Waals surface area contributed by atoms with Gasteiger partial charge in [-0.05, 0) is 30.2 Å². The van der Waals surface area contributed by atoms with E-state index in [0.29, 0.717) is 25.7 Å². The molecular weight excluding hydrogens is 262 g/mol. The Kier molecular flexibility index (Phi) is 6.25. The number of ether oxygens (including phenoxy) is 2. The van der Waals surface area contributed by atoms with Crippen LogP contribution in [0, 0.1) is 0 Å². The van der Waals surface area contributed by atoms with Gasteiger partial charge in [-0.3, -0.25) is 0 Å². The second kappa shape index (κ2) is 8.45. The minimum Gasteiger partial charge on any atom is -0.491 e. The zero-order valence-corrected chi connectivity index (χ0v) is 12.5. The number of benzene rings is 2. The molecule has 1 atom stereocenters. The third-order valence-corrected chi connectivity index (χ3v) is 3.54. The van der Waals surface area contributed by atoms with Crippen molar-refractivity contribution in [2.75, 3.05) is 26.9 Å². The van der Waals surface area contributed by atoms with Crippen LogP contribution in [0.3, 0.4) is 0 Å². The smallest absolute Gasteiger partial charge is 0.122 e. The molecule has 0 aromatic heterocycles. The largest absolute Gasteiger partial charge is 0.491 e. The summed E-state index contributed by atoms with van der Waals surface area (Å²) in [4.78, 5) is 0. The van der Waals surface area contributed by atoms with Crippen LogP contribution in [-0.2, 0) is 11.2 Å². The first-order chi connectivity index (χ1) is 10.3. The molecular formula is C18H23NO2. The molecule has 2 N–H and O–H groups in total. The van der Waals surface area contributed by atoms with Crippen molar-refractivity contribution >= 4 is 0 Å². The molecule has 0 aliphatic heterocycles. The van der Waals surface area contributed by atoms with E-state index in [0.717, 1.165) is 12.2 Å². The zero-order valence-electron chi connectivity index (χ0n) is 12.5. The fourth-order valence-corrected chi connectivity index (χ4v) is 2.38. The SMILES string of the molecule is COCCOc1ccccc1CC(CN)c1ccccc1. The molecule has 0 spiro atoms. The monoisotopic (exact) mass is 285 g/mol. The third-order valence-electron chi connectivity index (χ3n) is 3.54. The van der Waals surface area contributed by atoms with E-state index in [-0.39, 0.29) is 0 Å². The maximum atomic E-state index is 5.96. The number of nitrogens with two attached hydrogens (primary N) is 1. The first-order valence-electron chi connectivity index (χ1n) is 7.29. The Balaban J connectivity index is 2.10. The number of methoxy groups -OCH3 is 1. The molecule has 0 aliphatic carbocycles. The molecule has 0 bridgehead atoms. The number of hydrogen-bond acceptors (Lipinski definition) is 3. The van der Waals surface area contributed by atoms with Gasteiger partial charge in [0.25, 0.3) is 0 Å². The zero-order chi connectivity index (χ0) is 14.9. The van der Waals surface area contributed by atoms with Gasteiger partial charge >= 0.3 is 0 Å². The predicted octanol–water partition coefficient (Wildman–Crippen LogP) is 3.00. The lowest BCUT2D eigenvalue weighted by Crippen LogP contribution is -2.16. The molecule has 0 amide bonds. The molecule has 112 valence electrons. The maximum absolute atomic E-state index is 5.96. The van der Waals surface area contributed by atoms with E-state index in [2.05, 4.69) is 30.3 Å². The maximum Gasteiger partial charge on any atom is 0.122 e. The van der Waals surface area contributed by atoms with Crippen LogP contribution in [0.25, 0.3) is 0 Å². The number of rotatable bonds is 8. The average Bonchev–Trinajstić information content (AvgIpc) is 2.55. The molecule has 0 saturated carbocycles. The minimum absolute atomic E-state index is 0.304. The molecule has 2 aromatic rings. The summed E-state index contributed by atoms with van der Waals surface area (Å²) in [7, 11) is 1.68. The molecule has 3 heteroatoms. The Morgan fingerprint density at radius 1 is 0.952 bits per heavy atom. The van der Waals surface area contributed by atoms with E-state index in [1.165, 1.54) is 11.1 Å². The summed E-state index contributed by atoms with van der Waals surface area (Å²) < 4.78 is 10.8. The lowest BCUT2D eigenvalue weighted by Gasteiger charge is -2.18. The standard InChI is InChI=1S/C18H23NO2/c1-20-11-12-21-18-10-6-5-9-16(18)13-17(14-19)15-7-3-2-4-8-15/h2-10,17H,11-14,19H2,1H3. The van der Waals surface area contributed by atoms with Crippen molar-refractivity contribution in [2.45, 2.75) is 12.3 Å². The van der Waals surface area contributed by atoms with Crippen LogP contribution < -0.4 is 10.5 Å².